The third kappa shape index (κ3) is 5.02. The summed E-state index contributed by atoms with van der Waals surface area (Å²) < 4.78 is 4.92. The number of aliphatic hydroxyl groups is 1. The maximum Gasteiger partial charge on any atom is 0.237 e. The van der Waals surface area contributed by atoms with Gasteiger partial charge in [-0.25, -0.2) is 0 Å². The molecule has 5 nitrogen and oxygen atoms in total. The highest BCUT2D eigenvalue weighted by molar-refractivity contribution is 5.81. The molecule has 0 aromatic carbocycles. The maximum atomic E-state index is 11.9. The third-order valence-corrected chi connectivity index (χ3v) is 3.08. The van der Waals surface area contributed by atoms with E-state index in [0.29, 0.717) is 25.7 Å². The number of carbonyl (C=O) groups excluding carboxylic acids is 1. The van der Waals surface area contributed by atoms with Gasteiger partial charge in [0.1, 0.15) is 0 Å². The molecule has 0 heterocycles. The van der Waals surface area contributed by atoms with Gasteiger partial charge in [-0.1, -0.05) is 0 Å². The van der Waals surface area contributed by atoms with Crippen LogP contribution in [0.25, 0.3) is 0 Å². The Labute approximate surface area is 103 Å². The van der Waals surface area contributed by atoms with E-state index in [2.05, 4.69) is 10.2 Å². The van der Waals surface area contributed by atoms with Crippen molar-refractivity contribution >= 4 is 5.91 Å². The van der Waals surface area contributed by atoms with Crippen LogP contribution >= 0.6 is 0 Å². The number of amides is 1. The van der Waals surface area contributed by atoms with Gasteiger partial charge < -0.3 is 15.2 Å². The molecule has 0 aromatic heterocycles. The van der Waals surface area contributed by atoms with Crippen LogP contribution in [0.1, 0.15) is 26.2 Å². The molecule has 1 saturated carbocycles. The molecule has 0 radical (unpaired) electrons. The molecule has 1 aliphatic carbocycles. The van der Waals surface area contributed by atoms with Crippen LogP contribution in [0.2, 0.25) is 0 Å². The summed E-state index contributed by atoms with van der Waals surface area (Å²) in [7, 11) is 1.65. The molecule has 1 amide bonds. The summed E-state index contributed by atoms with van der Waals surface area (Å²) in [5.74, 6) is 0.0430. The lowest BCUT2D eigenvalue weighted by Crippen LogP contribution is -2.47. The minimum absolute atomic E-state index is 0.0430. The monoisotopic (exact) mass is 244 g/mol. The summed E-state index contributed by atoms with van der Waals surface area (Å²) in [5, 5.41) is 11.9. The first-order valence-corrected chi connectivity index (χ1v) is 6.34. The van der Waals surface area contributed by atoms with E-state index in [9.17, 15) is 4.79 Å². The number of hydrogen-bond donors (Lipinski definition) is 2. The van der Waals surface area contributed by atoms with Crippen molar-refractivity contribution in [2.45, 2.75) is 38.3 Å². The number of rotatable bonds is 9. The van der Waals surface area contributed by atoms with Crippen LogP contribution < -0.4 is 5.32 Å². The summed E-state index contributed by atoms with van der Waals surface area (Å²) in [6.45, 7) is 3.90. The third-order valence-electron chi connectivity index (χ3n) is 3.08. The zero-order valence-corrected chi connectivity index (χ0v) is 10.8. The number of ether oxygens (including phenoxy) is 1. The quantitative estimate of drug-likeness (QED) is 0.560. The molecule has 100 valence electrons. The Kier molecular flexibility index (Phi) is 6.47. The lowest BCUT2D eigenvalue weighted by Gasteiger charge is -2.27. The van der Waals surface area contributed by atoms with Gasteiger partial charge in [-0.05, 0) is 26.2 Å². The summed E-state index contributed by atoms with van der Waals surface area (Å²) >= 11 is 0. The minimum atomic E-state index is -0.155. The largest absolute Gasteiger partial charge is 0.395 e. The van der Waals surface area contributed by atoms with Gasteiger partial charge in [-0.2, -0.15) is 0 Å². The van der Waals surface area contributed by atoms with E-state index in [1.54, 1.807) is 7.11 Å². The van der Waals surface area contributed by atoms with Crippen LogP contribution in [-0.2, 0) is 9.53 Å². The van der Waals surface area contributed by atoms with E-state index in [1.165, 1.54) is 0 Å². The number of hydrogen-bond acceptors (Lipinski definition) is 4. The molecule has 0 spiro atoms. The fourth-order valence-corrected chi connectivity index (χ4v) is 1.94. The Hall–Kier alpha value is -0.650. The van der Waals surface area contributed by atoms with Crippen molar-refractivity contribution in [3.8, 4) is 0 Å². The van der Waals surface area contributed by atoms with E-state index in [-0.39, 0.29) is 18.6 Å². The summed E-state index contributed by atoms with van der Waals surface area (Å²) in [6.07, 6.45) is 3.11. The van der Waals surface area contributed by atoms with Crippen LogP contribution in [0.3, 0.4) is 0 Å². The molecular formula is C12H24N2O3. The topological polar surface area (TPSA) is 61.8 Å². The Morgan fingerprint density at radius 3 is 2.82 bits per heavy atom. The van der Waals surface area contributed by atoms with Gasteiger partial charge in [0, 0.05) is 32.8 Å². The molecule has 1 rings (SSSR count). The molecule has 1 unspecified atom stereocenters. The predicted octanol–water partition coefficient (Wildman–Crippen LogP) is -0.0157. The smallest absolute Gasteiger partial charge is 0.237 e. The minimum Gasteiger partial charge on any atom is -0.395 e. The average molecular weight is 244 g/mol. The first-order valence-electron chi connectivity index (χ1n) is 6.34. The molecule has 0 saturated heterocycles. The van der Waals surface area contributed by atoms with Crippen molar-refractivity contribution < 1.29 is 14.6 Å². The van der Waals surface area contributed by atoms with Gasteiger partial charge in [-0.3, -0.25) is 9.69 Å². The van der Waals surface area contributed by atoms with Crippen molar-refractivity contribution in [1.82, 2.24) is 10.2 Å². The van der Waals surface area contributed by atoms with Crippen molar-refractivity contribution in [3.05, 3.63) is 0 Å². The number of nitrogens with zero attached hydrogens (tertiary/aromatic N) is 1. The van der Waals surface area contributed by atoms with Gasteiger partial charge in [0.05, 0.1) is 12.6 Å². The molecule has 5 heteroatoms. The number of aliphatic hydroxyl groups excluding tert-OH is 1. The highest BCUT2D eigenvalue weighted by Gasteiger charge is 2.34. The zero-order chi connectivity index (χ0) is 12.7. The second kappa shape index (κ2) is 7.63. The van der Waals surface area contributed by atoms with Crippen LogP contribution in [0.4, 0.5) is 0 Å². The molecule has 1 aliphatic rings. The number of methoxy groups -OCH3 is 1. The van der Waals surface area contributed by atoms with Crippen LogP contribution in [0.15, 0.2) is 0 Å². The van der Waals surface area contributed by atoms with Crippen LogP contribution in [-0.4, -0.2) is 61.4 Å². The molecule has 0 aliphatic heterocycles. The van der Waals surface area contributed by atoms with Crippen LogP contribution in [0.5, 0.6) is 0 Å². The van der Waals surface area contributed by atoms with Crippen molar-refractivity contribution in [3.63, 3.8) is 0 Å². The lowest BCUT2D eigenvalue weighted by molar-refractivity contribution is -0.126. The summed E-state index contributed by atoms with van der Waals surface area (Å²) in [6, 6.07) is 0.332. The summed E-state index contributed by atoms with van der Waals surface area (Å²) in [4.78, 5) is 14.0. The Bertz CT molecular complexity index is 232. The first kappa shape index (κ1) is 14.4. The average Bonchev–Trinajstić information content (AvgIpc) is 3.14. The zero-order valence-electron chi connectivity index (χ0n) is 10.8. The maximum absolute atomic E-state index is 11.9. The second-order valence-electron chi connectivity index (χ2n) is 4.51. The fourth-order valence-electron chi connectivity index (χ4n) is 1.94. The molecule has 1 atom stereocenters. The standard InChI is InChI=1S/C12H24N2O3/c1-10(12(16)13-6-3-9-17-2)14(7-8-15)11-4-5-11/h10-11,15H,3-9H2,1-2H3,(H,13,16). The molecule has 1 fully saturated rings. The Morgan fingerprint density at radius 1 is 1.59 bits per heavy atom. The van der Waals surface area contributed by atoms with Crippen molar-refractivity contribution in [2.75, 3.05) is 33.4 Å². The van der Waals surface area contributed by atoms with Crippen LogP contribution in [0, 0.1) is 0 Å². The van der Waals surface area contributed by atoms with Crippen molar-refractivity contribution in [2.24, 2.45) is 0 Å². The van der Waals surface area contributed by atoms with E-state index >= 15 is 0 Å². The predicted molar refractivity (Wildman–Crippen MR) is 65.8 cm³/mol. The van der Waals surface area contributed by atoms with Gasteiger partial charge in [0.25, 0.3) is 0 Å². The van der Waals surface area contributed by atoms with E-state index < -0.39 is 0 Å². The van der Waals surface area contributed by atoms with Gasteiger partial charge in [-0.15, -0.1) is 0 Å². The molecule has 0 aromatic rings. The molecular weight excluding hydrogens is 220 g/mol. The van der Waals surface area contributed by atoms with Gasteiger partial charge in [0.2, 0.25) is 5.91 Å². The number of nitrogens with one attached hydrogen (secondary N) is 1. The van der Waals surface area contributed by atoms with Gasteiger partial charge >= 0.3 is 0 Å². The molecule has 17 heavy (non-hydrogen) atoms. The van der Waals surface area contributed by atoms with E-state index in [4.69, 9.17) is 9.84 Å². The second-order valence-corrected chi connectivity index (χ2v) is 4.51. The highest BCUT2D eigenvalue weighted by atomic mass is 16.5. The Morgan fingerprint density at radius 2 is 2.29 bits per heavy atom. The first-order chi connectivity index (χ1) is 8.20. The molecule has 0 bridgehead atoms. The fraction of sp³-hybridized carbons (Fsp3) is 0.917. The number of carbonyl (C=O) groups is 1. The normalized spacial score (nSPS) is 17.2. The molecule has 2 N–H and O–H groups in total. The summed E-state index contributed by atoms with van der Waals surface area (Å²) in [5.41, 5.74) is 0. The SMILES string of the molecule is COCCCNC(=O)C(C)N(CCO)C1CC1. The van der Waals surface area contributed by atoms with Crippen molar-refractivity contribution in [1.29, 1.82) is 0 Å². The lowest BCUT2D eigenvalue weighted by atomic mass is 10.2. The van der Waals surface area contributed by atoms with E-state index in [1.807, 2.05) is 6.92 Å². The van der Waals surface area contributed by atoms with Gasteiger partial charge in [0.15, 0.2) is 0 Å². The van der Waals surface area contributed by atoms with E-state index in [0.717, 1.165) is 19.3 Å². The highest BCUT2D eigenvalue weighted by Crippen LogP contribution is 2.28. The Balaban J connectivity index is 2.27.